The van der Waals surface area contributed by atoms with Crippen molar-refractivity contribution in [1.82, 2.24) is 4.98 Å². The van der Waals surface area contributed by atoms with Crippen LogP contribution in [0.3, 0.4) is 0 Å². The van der Waals surface area contributed by atoms with Crippen LogP contribution in [-0.4, -0.2) is 18.0 Å². The molecule has 0 saturated heterocycles. The summed E-state index contributed by atoms with van der Waals surface area (Å²) in [5.74, 6) is 1.13. The van der Waals surface area contributed by atoms with Crippen molar-refractivity contribution >= 4 is 16.8 Å². The number of nitrogens with two attached hydrogens (primary N) is 1. The molecule has 2 aromatic carbocycles. The number of carbonyl (C=O) groups excluding carboxylic acids is 1. The summed E-state index contributed by atoms with van der Waals surface area (Å²) in [7, 11) is 1.48. The number of primary amides is 1. The van der Waals surface area contributed by atoms with Gasteiger partial charge >= 0.3 is 0 Å². The molecular weight excluding hydrogens is 280 g/mol. The number of methoxy groups -OCH3 is 1. The van der Waals surface area contributed by atoms with E-state index in [1.807, 2.05) is 30.3 Å². The quantitative estimate of drug-likeness (QED) is 0.802. The summed E-state index contributed by atoms with van der Waals surface area (Å²) in [5.41, 5.74) is 6.36. The third-order valence-electron chi connectivity index (χ3n) is 3.26. The standard InChI is InChI=1S/C17H14N2O3/c1-21-16-10-14-12(9-13(16)17(18)20)15(7-8-19-14)22-11-5-3-2-4-6-11/h2-10H,1H3,(H2,18,20). The van der Waals surface area contributed by atoms with E-state index in [0.29, 0.717) is 33.7 Å². The van der Waals surface area contributed by atoms with Crippen LogP contribution in [0.4, 0.5) is 0 Å². The van der Waals surface area contributed by atoms with E-state index in [4.69, 9.17) is 15.2 Å². The molecule has 0 fully saturated rings. The monoisotopic (exact) mass is 294 g/mol. The van der Waals surface area contributed by atoms with Crippen LogP contribution < -0.4 is 15.2 Å². The Labute approximate surface area is 127 Å². The topological polar surface area (TPSA) is 74.4 Å². The number of benzene rings is 2. The van der Waals surface area contributed by atoms with Gasteiger partial charge < -0.3 is 15.2 Å². The zero-order valence-corrected chi connectivity index (χ0v) is 11.9. The minimum absolute atomic E-state index is 0.293. The van der Waals surface area contributed by atoms with Crippen molar-refractivity contribution in [2.24, 2.45) is 5.73 Å². The van der Waals surface area contributed by atoms with Gasteiger partial charge in [0.1, 0.15) is 17.2 Å². The minimum atomic E-state index is -0.562. The molecule has 22 heavy (non-hydrogen) atoms. The fourth-order valence-corrected chi connectivity index (χ4v) is 2.21. The second-order valence-corrected chi connectivity index (χ2v) is 4.66. The van der Waals surface area contributed by atoms with E-state index in [2.05, 4.69) is 4.98 Å². The maximum absolute atomic E-state index is 11.6. The number of fused-ring (bicyclic) bond motifs is 1. The van der Waals surface area contributed by atoms with Gasteiger partial charge in [-0.3, -0.25) is 9.78 Å². The Hall–Kier alpha value is -3.08. The molecule has 1 aromatic heterocycles. The average Bonchev–Trinajstić information content (AvgIpc) is 2.54. The Morgan fingerprint density at radius 1 is 1.09 bits per heavy atom. The SMILES string of the molecule is COc1cc2nccc(Oc3ccccc3)c2cc1C(N)=O. The predicted molar refractivity (Wildman–Crippen MR) is 83.3 cm³/mol. The van der Waals surface area contributed by atoms with E-state index in [9.17, 15) is 4.79 Å². The van der Waals surface area contributed by atoms with Crippen molar-refractivity contribution in [3.63, 3.8) is 0 Å². The first kappa shape index (κ1) is 13.9. The fraction of sp³-hybridized carbons (Fsp3) is 0.0588. The largest absolute Gasteiger partial charge is 0.496 e. The zero-order chi connectivity index (χ0) is 15.5. The van der Waals surface area contributed by atoms with E-state index in [1.165, 1.54) is 7.11 Å². The Balaban J connectivity index is 2.15. The third kappa shape index (κ3) is 2.56. The van der Waals surface area contributed by atoms with Crippen molar-refractivity contribution in [3.05, 3.63) is 60.3 Å². The smallest absolute Gasteiger partial charge is 0.252 e. The Kier molecular flexibility index (Phi) is 3.62. The first-order chi connectivity index (χ1) is 10.7. The molecule has 0 aliphatic carbocycles. The number of carbonyl (C=O) groups is 1. The number of rotatable bonds is 4. The van der Waals surface area contributed by atoms with E-state index < -0.39 is 5.91 Å². The molecule has 0 spiro atoms. The molecule has 3 aromatic rings. The van der Waals surface area contributed by atoms with E-state index in [1.54, 1.807) is 24.4 Å². The van der Waals surface area contributed by atoms with Crippen LogP contribution in [0, 0.1) is 0 Å². The summed E-state index contributed by atoms with van der Waals surface area (Å²) in [5, 5.41) is 0.695. The van der Waals surface area contributed by atoms with Crippen molar-refractivity contribution in [2.45, 2.75) is 0 Å². The lowest BCUT2D eigenvalue weighted by atomic mass is 10.1. The Bertz CT molecular complexity index is 832. The number of para-hydroxylation sites is 1. The minimum Gasteiger partial charge on any atom is -0.496 e. The van der Waals surface area contributed by atoms with Gasteiger partial charge in [0.25, 0.3) is 5.91 Å². The van der Waals surface area contributed by atoms with Gasteiger partial charge in [0, 0.05) is 17.6 Å². The highest BCUT2D eigenvalue weighted by molar-refractivity contribution is 6.01. The lowest BCUT2D eigenvalue weighted by molar-refractivity contribution is 0.0997. The van der Waals surface area contributed by atoms with Crippen LogP contribution in [0.25, 0.3) is 10.9 Å². The van der Waals surface area contributed by atoms with E-state index in [-0.39, 0.29) is 0 Å². The van der Waals surface area contributed by atoms with Crippen LogP contribution >= 0.6 is 0 Å². The predicted octanol–water partition coefficient (Wildman–Crippen LogP) is 3.13. The van der Waals surface area contributed by atoms with Gasteiger partial charge in [-0.1, -0.05) is 18.2 Å². The fourth-order valence-electron chi connectivity index (χ4n) is 2.21. The van der Waals surface area contributed by atoms with Gasteiger partial charge in [0.05, 0.1) is 18.2 Å². The average molecular weight is 294 g/mol. The maximum Gasteiger partial charge on any atom is 0.252 e. The molecule has 3 rings (SSSR count). The molecular formula is C17H14N2O3. The molecule has 1 heterocycles. The summed E-state index contributed by atoms with van der Waals surface area (Å²) in [6.45, 7) is 0. The van der Waals surface area contributed by atoms with E-state index in [0.717, 1.165) is 0 Å². The van der Waals surface area contributed by atoms with Crippen molar-refractivity contribution in [3.8, 4) is 17.2 Å². The number of ether oxygens (including phenoxy) is 2. The Morgan fingerprint density at radius 2 is 1.86 bits per heavy atom. The molecule has 5 nitrogen and oxygen atoms in total. The highest BCUT2D eigenvalue weighted by atomic mass is 16.5. The summed E-state index contributed by atoms with van der Waals surface area (Å²) >= 11 is 0. The van der Waals surface area contributed by atoms with Crippen LogP contribution in [0.1, 0.15) is 10.4 Å². The summed E-state index contributed by atoms with van der Waals surface area (Å²) in [6, 6.07) is 14.4. The van der Waals surface area contributed by atoms with E-state index >= 15 is 0 Å². The maximum atomic E-state index is 11.6. The van der Waals surface area contributed by atoms with Crippen LogP contribution in [-0.2, 0) is 0 Å². The molecule has 0 bridgehead atoms. The molecule has 0 aliphatic heterocycles. The van der Waals surface area contributed by atoms with Gasteiger partial charge in [-0.25, -0.2) is 0 Å². The highest BCUT2D eigenvalue weighted by Gasteiger charge is 2.14. The molecule has 1 amide bonds. The lowest BCUT2D eigenvalue weighted by Crippen LogP contribution is -2.12. The zero-order valence-electron chi connectivity index (χ0n) is 11.9. The van der Waals surface area contributed by atoms with Crippen LogP contribution in [0.5, 0.6) is 17.2 Å². The summed E-state index contributed by atoms with van der Waals surface area (Å²) < 4.78 is 11.1. The number of amides is 1. The number of nitrogens with zero attached hydrogens (tertiary/aromatic N) is 1. The van der Waals surface area contributed by atoms with Crippen LogP contribution in [0.15, 0.2) is 54.7 Å². The molecule has 5 heteroatoms. The van der Waals surface area contributed by atoms with Crippen molar-refractivity contribution < 1.29 is 14.3 Å². The van der Waals surface area contributed by atoms with Crippen molar-refractivity contribution in [1.29, 1.82) is 0 Å². The molecule has 0 radical (unpaired) electrons. The van der Waals surface area contributed by atoms with Crippen molar-refractivity contribution in [2.75, 3.05) is 7.11 Å². The van der Waals surface area contributed by atoms with Gasteiger partial charge in [0.2, 0.25) is 0 Å². The second kappa shape index (κ2) is 5.73. The third-order valence-corrected chi connectivity index (χ3v) is 3.26. The van der Waals surface area contributed by atoms with Gasteiger partial charge in [-0.2, -0.15) is 0 Å². The molecule has 0 aliphatic rings. The molecule has 0 unspecified atom stereocenters. The van der Waals surface area contributed by atoms with Gasteiger partial charge in [-0.15, -0.1) is 0 Å². The number of hydrogen-bond donors (Lipinski definition) is 1. The highest BCUT2D eigenvalue weighted by Crippen LogP contribution is 2.32. The second-order valence-electron chi connectivity index (χ2n) is 4.66. The number of hydrogen-bond acceptors (Lipinski definition) is 4. The molecule has 2 N–H and O–H groups in total. The number of pyridine rings is 1. The first-order valence-electron chi connectivity index (χ1n) is 6.68. The summed E-state index contributed by atoms with van der Waals surface area (Å²) in [4.78, 5) is 15.9. The lowest BCUT2D eigenvalue weighted by Gasteiger charge is -2.11. The molecule has 0 atom stereocenters. The first-order valence-corrected chi connectivity index (χ1v) is 6.68. The number of aromatic nitrogens is 1. The molecule has 0 saturated carbocycles. The Morgan fingerprint density at radius 3 is 2.55 bits per heavy atom. The van der Waals surface area contributed by atoms with Gasteiger partial charge in [0.15, 0.2) is 0 Å². The van der Waals surface area contributed by atoms with Crippen LogP contribution in [0.2, 0.25) is 0 Å². The normalized spacial score (nSPS) is 10.4. The summed E-state index contributed by atoms with van der Waals surface area (Å²) in [6.07, 6.45) is 1.64. The van der Waals surface area contributed by atoms with Gasteiger partial charge in [-0.05, 0) is 24.3 Å². The molecule has 110 valence electrons.